The summed E-state index contributed by atoms with van der Waals surface area (Å²) in [6.07, 6.45) is 1.95. The normalized spacial score (nSPS) is 10.5. The summed E-state index contributed by atoms with van der Waals surface area (Å²) in [5, 5.41) is 14.8. The molecule has 1 aromatic carbocycles. The van der Waals surface area contributed by atoms with E-state index < -0.39 is 5.91 Å². The molecule has 1 heterocycles. The predicted octanol–water partition coefficient (Wildman–Crippen LogP) is 3.04. The van der Waals surface area contributed by atoms with Gasteiger partial charge in [-0.15, -0.1) is 5.10 Å². The Morgan fingerprint density at radius 2 is 2.18 bits per heavy atom. The molecule has 0 radical (unpaired) electrons. The number of carbonyl (C=O) groups excluding carboxylic acids is 1. The molecule has 2 aromatic rings. The first kappa shape index (κ1) is 16.5. The van der Waals surface area contributed by atoms with E-state index in [9.17, 15) is 4.79 Å². The first-order valence-electron chi connectivity index (χ1n) is 6.67. The topological polar surface area (TPSA) is 81.9 Å². The minimum Gasteiger partial charge on any atom is -0.494 e. The summed E-state index contributed by atoms with van der Waals surface area (Å²) in [5.74, 6) is -0.127. The van der Waals surface area contributed by atoms with Crippen LogP contribution in [0.2, 0.25) is 10.0 Å². The van der Waals surface area contributed by atoms with Crippen LogP contribution in [0.1, 0.15) is 30.1 Å². The van der Waals surface area contributed by atoms with Crippen molar-refractivity contribution in [3.05, 3.63) is 27.7 Å². The van der Waals surface area contributed by atoms with Crippen molar-refractivity contribution >= 4 is 35.1 Å². The van der Waals surface area contributed by atoms with Gasteiger partial charge in [0.2, 0.25) is 0 Å². The molecule has 1 N–H and O–H groups in total. The molecule has 0 spiro atoms. The first-order chi connectivity index (χ1) is 10.5. The van der Waals surface area contributed by atoms with Gasteiger partial charge in [-0.2, -0.15) is 4.80 Å². The van der Waals surface area contributed by atoms with E-state index in [1.807, 2.05) is 0 Å². The van der Waals surface area contributed by atoms with Gasteiger partial charge in [-0.05, 0) is 23.8 Å². The van der Waals surface area contributed by atoms with Crippen LogP contribution in [-0.2, 0) is 6.54 Å². The largest absolute Gasteiger partial charge is 0.494 e. The highest BCUT2D eigenvalue weighted by Gasteiger charge is 2.18. The van der Waals surface area contributed by atoms with E-state index in [0.717, 1.165) is 12.8 Å². The van der Waals surface area contributed by atoms with Crippen LogP contribution in [0.15, 0.2) is 12.1 Å². The van der Waals surface area contributed by atoms with E-state index in [1.54, 1.807) is 0 Å². The minimum atomic E-state index is -0.476. The quantitative estimate of drug-likeness (QED) is 0.871. The smallest absolute Gasteiger partial charge is 0.270 e. The third-order valence-electron chi connectivity index (χ3n) is 2.85. The number of hydrogen-bond acceptors (Lipinski definition) is 5. The number of anilines is 1. The van der Waals surface area contributed by atoms with Crippen LogP contribution in [0.25, 0.3) is 0 Å². The molecule has 0 fully saturated rings. The molecule has 0 saturated carbocycles. The SMILES string of the molecule is CCCCn1nnc(NC(=O)c2cc(Cl)cc(Cl)c2OC)n1. The Bertz CT molecular complexity index is 674. The van der Waals surface area contributed by atoms with Crippen LogP contribution in [-0.4, -0.2) is 33.2 Å². The number of unbranched alkanes of at least 4 members (excludes halogenated alkanes) is 1. The molecule has 0 aliphatic heterocycles. The van der Waals surface area contributed by atoms with Gasteiger partial charge >= 0.3 is 0 Å². The van der Waals surface area contributed by atoms with Gasteiger partial charge in [0.15, 0.2) is 0 Å². The van der Waals surface area contributed by atoms with Gasteiger partial charge in [-0.1, -0.05) is 41.6 Å². The number of benzene rings is 1. The summed E-state index contributed by atoms with van der Waals surface area (Å²) in [5.41, 5.74) is 0.199. The number of carbonyl (C=O) groups is 1. The third-order valence-corrected chi connectivity index (χ3v) is 3.35. The minimum absolute atomic E-state index is 0.110. The van der Waals surface area contributed by atoms with Crippen LogP contribution >= 0.6 is 23.2 Å². The van der Waals surface area contributed by atoms with E-state index in [0.29, 0.717) is 11.6 Å². The molecule has 1 amide bonds. The summed E-state index contributed by atoms with van der Waals surface area (Å²) in [4.78, 5) is 13.7. The van der Waals surface area contributed by atoms with Gasteiger partial charge in [0.1, 0.15) is 5.75 Å². The molecule has 0 atom stereocenters. The number of ether oxygens (including phenoxy) is 1. The number of methoxy groups -OCH3 is 1. The Morgan fingerprint density at radius 3 is 2.86 bits per heavy atom. The molecule has 7 nitrogen and oxygen atoms in total. The number of aromatic nitrogens is 4. The summed E-state index contributed by atoms with van der Waals surface area (Å²) in [6.45, 7) is 2.71. The molecule has 1 aromatic heterocycles. The van der Waals surface area contributed by atoms with Gasteiger partial charge in [0.05, 0.1) is 24.2 Å². The number of halogens is 2. The van der Waals surface area contributed by atoms with E-state index in [2.05, 4.69) is 27.7 Å². The number of tetrazole rings is 1. The highest BCUT2D eigenvalue weighted by Crippen LogP contribution is 2.32. The highest BCUT2D eigenvalue weighted by molar-refractivity contribution is 6.36. The molecular weight excluding hydrogens is 329 g/mol. The third kappa shape index (κ3) is 3.86. The molecule has 0 unspecified atom stereocenters. The lowest BCUT2D eigenvalue weighted by Gasteiger charge is -2.09. The number of hydrogen-bond donors (Lipinski definition) is 1. The van der Waals surface area contributed by atoms with Crippen LogP contribution in [0.4, 0.5) is 5.95 Å². The summed E-state index contributed by atoms with van der Waals surface area (Å²) in [7, 11) is 1.42. The lowest BCUT2D eigenvalue weighted by Crippen LogP contribution is -2.15. The van der Waals surface area contributed by atoms with Crippen LogP contribution < -0.4 is 10.1 Å². The van der Waals surface area contributed by atoms with Gasteiger partial charge in [0.25, 0.3) is 11.9 Å². The van der Waals surface area contributed by atoms with Crippen molar-refractivity contribution in [2.75, 3.05) is 12.4 Å². The van der Waals surface area contributed by atoms with E-state index >= 15 is 0 Å². The lowest BCUT2D eigenvalue weighted by molar-refractivity contribution is 0.102. The molecule has 0 bridgehead atoms. The fourth-order valence-corrected chi connectivity index (χ4v) is 2.36. The lowest BCUT2D eigenvalue weighted by atomic mass is 10.2. The van der Waals surface area contributed by atoms with Crippen molar-refractivity contribution in [1.82, 2.24) is 20.2 Å². The summed E-state index contributed by atoms with van der Waals surface area (Å²) < 4.78 is 5.14. The van der Waals surface area contributed by atoms with E-state index in [1.165, 1.54) is 24.0 Å². The molecule has 0 aliphatic carbocycles. The maximum absolute atomic E-state index is 12.3. The summed E-state index contributed by atoms with van der Waals surface area (Å²) >= 11 is 11.9. The molecule has 118 valence electrons. The molecule has 9 heteroatoms. The van der Waals surface area contributed by atoms with Gasteiger partial charge in [-0.3, -0.25) is 10.1 Å². The average Bonchev–Trinajstić information content (AvgIpc) is 2.91. The van der Waals surface area contributed by atoms with Gasteiger partial charge < -0.3 is 4.74 Å². The van der Waals surface area contributed by atoms with Crippen molar-refractivity contribution in [2.24, 2.45) is 0 Å². The number of nitrogens with zero attached hydrogens (tertiary/aromatic N) is 4. The second kappa shape index (κ2) is 7.42. The van der Waals surface area contributed by atoms with Crippen molar-refractivity contribution in [1.29, 1.82) is 0 Å². The molecule has 22 heavy (non-hydrogen) atoms. The van der Waals surface area contributed by atoms with Gasteiger partial charge in [-0.25, -0.2) is 0 Å². The van der Waals surface area contributed by atoms with Crippen molar-refractivity contribution in [2.45, 2.75) is 26.3 Å². The zero-order valence-corrected chi connectivity index (χ0v) is 13.6. The molecule has 2 rings (SSSR count). The fourth-order valence-electron chi connectivity index (χ4n) is 1.79. The zero-order chi connectivity index (χ0) is 16.1. The van der Waals surface area contributed by atoms with Crippen LogP contribution in [0.3, 0.4) is 0 Å². The first-order valence-corrected chi connectivity index (χ1v) is 7.43. The Labute approximate surface area is 137 Å². The number of nitrogens with one attached hydrogen (secondary N) is 1. The number of rotatable bonds is 6. The Balaban J connectivity index is 2.17. The maximum atomic E-state index is 12.3. The number of amides is 1. The Kier molecular flexibility index (Phi) is 5.57. The van der Waals surface area contributed by atoms with Crippen molar-refractivity contribution < 1.29 is 9.53 Å². The predicted molar refractivity (Wildman–Crippen MR) is 83.7 cm³/mol. The van der Waals surface area contributed by atoms with Crippen LogP contribution in [0, 0.1) is 0 Å². The van der Waals surface area contributed by atoms with Crippen LogP contribution in [0.5, 0.6) is 5.75 Å². The second-order valence-electron chi connectivity index (χ2n) is 4.49. The number of aryl methyl sites for hydroxylation is 1. The van der Waals surface area contributed by atoms with Crippen molar-refractivity contribution in [3.8, 4) is 5.75 Å². The highest BCUT2D eigenvalue weighted by atomic mass is 35.5. The maximum Gasteiger partial charge on any atom is 0.270 e. The average molecular weight is 344 g/mol. The molecule has 0 aliphatic rings. The standard InChI is InChI=1S/C13H15Cl2N5O2/c1-3-4-5-20-18-13(17-19-20)16-12(21)9-6-8(14)7-10(15)11(9)22-2/h6-7H,3-5H2,1-2H3,(H,16,18,21). The second-order valence-corrected chi connectivity index (χ2v) is 5.33. The van der Waals surface area contributed by atoms with Gasteiger partial charge in [0, 0.05) is 5.02 Å². The van der Waals surface area contributed by atoms with E-state index in [-0.39, 0.29) is 22.3 Å². The summed E-state index contributed by atoms with van der Waals surface area (Å²) in [6, 6.07) is 2.96. The van der Waals surface area contributed by atoms with E-state index in [4.69, 9.17) is 27.9 Å². The van der Waals surface area contributed by atoms with Crippen molar-refractivity contribution in [3.63, 3.8) is 0 Å². The molecule has 0 saturated heterocycles. The zero-order valence-electron chi connectivity index (χ0n) is 12.1. The Hall–Kier alpha value is -1.86. The molecular formula is C13H15Cl2N5O2. The Morgan fingerprint density at radius 1 is 1.41 bits per heavy atom. The fraction of sp³-hybridized carbons (Fsp3) is 0.385. The monoisotopic (exact) mass is 343 g/mol.